The molecule has 0 saturated heterocycles. The van der Waals surface area contributed by atoms with Crippen molar-refractivity contribution in [1.29, 1.82) is 0 Å². The Morgan fingerprint density at radius 3 is 2.71 bits per heavy atom. The second kappa shape index (κ2) is 3.84. The van der Waals surface area contributed by atoms with Crippen molar-refractivity contribution in [3.05, 3.63) is 36.0 Å². The van der Waals surface area contributed by atoms with Crippen LogP contribution < -0.4 is 0 Å². The fourth-order valence-electron chi connectivity index (χ4n) is 1.39. The molecule has 90 valence electrons. The molecule has 0 unspecified atom stereocenters. The van der Waals surface area contributed by atoms with Crippen molar-refractivity contribution >= 4 is 11.6 Å². The van der Waals surface area contributed by atoms with Gasteiger partial charge in [-0.3, -0.25) is 0 Å². The van der Waals surface area contributed by atoms with Crippen LogP contribution >= 0.6 is 0 Å². The van der Waals surface area contributed by atoms with Crippen molar-refractivity contribution in [3.63, 3.8) is 0 Å². The molecule has 0 fully saturated rings. The van der Waals surface area contributed by atoms with Crippen molar-refractivity contribution in [2.45, 2.75) is 26.4 Å². The van der Waals surface area contributed by atoms with Crippen LogP contribution in [0.1, 0.15) is 31.3 Å². The van der Waals surface area contributed by atoms with Crippen molar-refractivity contribution < 1.29 is 13.9 Å². The quantitative estimate of drug-likeness (QED) is 0.714. The van der Waals surface area contributed by atoms with Crippen LogP contribution in [-0.4, -0.2) is 21.0 Å². The predicted octanol–water partition coefficient (Wildman–Crippen LogP) is 2.43. The lowest BCUT2D eigenvalue weighted by atomic mass is 10.2. The van der Waals surface area contributed by atoms with Gasteiger partial charge < -0.3 is 9.14 Å². The van der Waals surface area contributed by atoms with Gasteiger partial charge in [-0.05, 0) is 32.9 Å². The summed E-state index contributed by atoms with van der Waals surface area (Å²) in [4.78, 5) is 15.8. The van der Waals surface area contributed by atoms with Gasteiger partial charge in [0, 0.05) is 12.4 Å². The fourth-order valence-corrected chi connectivity index (χ4v) is 1.39. The molecule has 0 aliphatic carbocycles. The van der Waals surface area contributed by atoms with Gasteiger partial charge in [0.25, 0.3) is 0 Å². The van der Waals surface area contributed by atoms with Crippen molar-refractivity contribution in [3.8, 4) is 0 Å². The summed E-state index contributed by atoms with van der Waals surface area (Å²) in [6.45, 7) is 5.33. The normalized spacial score (nSPS) is 11.8. The van der Waals surface area contributed by atoms with Crippen molar-refractivity contribution in [2.75, 3.05) is 0 Å². The molecule has 2 aromatic heterocycles. The average molecular weight is 236 g/mol. The zero-order valence-electron chi connectivity index (χ0n) is 9.90. The monoisotopic (exact) mass is 236 g/mol. The first-order valence-electron chi connectivity index (χ1n) is 5.23. The number of carbonyl (C=O) groups is 1. The molecular formula is C12H13FN2O2. The third-order valence-corrected chi connectivity index (χ3v) is 2.02. The Morgan fingerprint density at radius 1 is 1.35 bits per heavy atom. The highest BCUT2D eigenvalue weighted by Gasteiger charge is 2.20. The number of carbonyl (C=O) groups excluding carboxylic acids is 1. The highest BCUT2D eigenvalue weighted by atomic mass is 19.1. The van der Waals surface area contributed by atoms with E-state index in [1.54, 1.807) is 20.8 Å². The summed E-state index contributed by atoms with van der Waals surface area (Å²) >= 11 is 0. The number of aromatic nitrogens is 2. The van der Waals surface area contributed by atoms with Crippen LogP contribution in [0.4, 0.5) is 4.39 Å². The maximum Gasteiger partial charge on any atom is 0.359 e. The van der Waals surface area contributed by atoms with E-state index in [4.69, 9.17) is 4.74 Å². The molecule has 0 aromatic carbocycles. The first-order valence-corrected chi connectivity index (χ1v) is 5.23. The molecule has 4 nitrogen and oxygen atoms in total. The van der Waals surface area contributed by atoms with Crippen LogP contribution in [0.5, 0.6) is 0 Å². The van der Waals surface area contributed by atoms with Crippen LogP contribution in [0.2, 0.25) is 0 Å². The van der Waals surface area contributed by atoms with E-state index >= 15 is 0 Å². The maximum atomic E-state index is 13.0. The lowest BCUT2D eigenvalue weighted by Gasteiger charge is -2.18. The second-order valence-electron chi connectivity index (χ2n) is 4.74. The van der Waals surface area contributed by atoms with Gasteiger partial charge in [0.15, 0.2) is 5.69 Å². The van der Waals surface area contributed by atoms with Crippen LogP contribution in [0, 0.1) is 5.82 Å². The maximum absolute atomic E-state index is 13.0. The lowest BCUT2D eigenvalue weighted by molar-refractivity contribution is 0.00636. The first-order chi connectivity index (χ1) is 7.85. The average Bonchev–Trinajstić information content (AvgIpc) is 2.57. The molecular weight excluding hydrogens is 223 g/mol. The molecule has 0 atom stereocenters. The minimum absolute atomic E-state index is 0.172. The van der Waals surface area contributed by atoms with E-state index in [0.717, 1.165) is 0 Å². The Hall–Kier alpha value is -1.91. The summed E-state index contributed by atoms with van der Waals surface area (Å²) in [5, 5.41) is 0. The number of rotatable bonds is 1. The number of nitrogens with zero attached hydrogens (tertiary/aromatic N) is 2. The number of halogens is 1. The van der Waals surface area contributed by atoms with Crippen molar-refractivity contribution in [2.24, 2.45) is 0 Å². The number of pyridine rings is 1. The molecule has 0 N–H and O–H groups in total. The third kappa shape index (κ3) is 2.61. The Balaban J connectivity index is 2.33. The minimum atomic E-state index is -0.571. The molecule has 0 bridgehead atoms. The van der Waals surface area contributed by atoms with Crippen LogP contribution in [0.15, 0.2) is 24.5 Å². The van der Waals surface area contributed by atoms with Gasteiger partial charge in [-0.15, -0.1) is 0 Å². The summed E-state index contributed by atoms with van der Waals surface area (Å²) < 4.78 is 19.6. The summed E-state index contributed by atoms with van der Waals surface area (Å²) in [5.41, 5.74) is 0.107. The highest BCUT2D eigenvalue weighted by molar-refractivity contribution is 5.88. The van der Waals surface area contributed by atoms with E-state index < -0.39 is 11.6 Å². The van der Waals surface area contributed by atoms with E-state index in [1.807, 2.05) is 0 Å². The van der Waals surface area contributed by atoms with E-state index in [2.05, 4.69) is 4.98 Å². The summed E-state index contributed by atoms with van der Waals surface area (Å²) in [6.07, 6.45) is 2.71. The zero-order chi connectivity index (χ0) is 12.6. The number of esters is 1. The molecule has 0 aliphatic heterocycles. The summed E-state index contributed by atoms with van der Waals surface area (Å²) in [7, 11) is 0. The highest BCUT2D eigenvalue weighted by Crippen LogP contribution is 2.13. The zero-order valence-corrected chi connectivity index (χ0v) is 9.90. The lowest BCUT2D eigenvalue weighted by Crippen LogP contribution is -2.24. The molecule has 5 heteroatoms. The largest absolute Gasteiger partial charge is 0.455 e. The second-order valence-corrected chi connectivity index (χ2v) is 4.74. The number of hydrogen-bond donors (Lipinski definition) is 0. The number of ether oxygens (including phenoxy) is 1. The van der Waals surface area contributed by atoms with Gasteiger partial charge in [-0.1, -0.05) is 0 Å². The molecule has 0 amide bonds. The Morgan fingerprint density at radius 2 is 2.06 bits per heavy atom. The van der Waals surface area contributed by atoms with Crippen molar-refractivity contribution in [1.82, 2.24) is 9.38 Å². The van der Waals surface area contributed by atoms with Gasteiger partial charge in [0.2, 0.25) is 0 Å². The smallest absolute Gasteiger partial charge is 0.359 e. The van der Waals surface area contributed by atoms with Gasteiger partial charge in [-0.25, -0.2) is 14.2 Å². The van der Waals surface area contributed by atoms with E-state index in [-0.39, 0.29) is 11.5 Å². The first kappa shape index (κ1) is 11.6. The topological polar surface area (TPSA) is 43.6 Å². The molecule has 0 aliphatic rings. The van der Waals surface area contributed by atoms with Crippen LogP contribution in [-0.2, 0) is 4.74 Å². The molecule has 17 heavy (non-hydrogen) atoms. The molecule has 0 radical (unpaired) electrons. The predicted molar refractivity (Wildman–Crippen MR) is 60.3 cm³/mol. The fraction of sp³-hybridized carbons (Fsp3) is 0.333. The number of fused-ring (bicyclic) bond motifs is 1. The molecule has 0 saturated carbocycles. The standard InChI is InChI=1S/C12H13FN2O2/c1-12(2,3)17-11(16)9-7-15-6-8(13)4-5-10(15)14-9/h4-7H,1-3H3. The molecule has 2 heterocycles. The number of hydrogen-bond acceptors (Lipinski definition) is 3. The summed E-state index contributed by atoms with van der Waals surface area (Å²) in [6, 6.07) is 2.80. The SMILES string of the molecule is CC(C)(C)OC(=O)c1cn2cc(F)ccc2n1. The Bertz CT molecular complexity index is 569. The minimum Gasteiger partial charge on any atom is -0.455 e. The van der Waals surface area contributed by atoms with Gasteiger partial charge >= 0.3 is 5.97 Å². The van der Waals surface area contributed by atoms with Crippen LogP contribution in [0.25, 0.3) is 5.65 Å². The number of imidazole rings is 1. The third-order valence-electron chi connectivity index (χ3n) is 2.02. The van der Waals surface area contributed by atoms with Gasteiger partial charge in [0.1, 0.15) is 17.1 Å². The molecule has 2 rings (SSSR count). The van der Waals surface area contributed by atoms with E-state index in [1.165, 1.54) is 28.9 Å². The molecule has 2 aromatic rings. The Kier molecular flexibility index (Phi) is 2.61. The van der Waals surface area contributed by atoms with Gasteiger partial charge in [0.05, 0.1) is 0 Å². The Labute approximate surface area is 98.0 Å². The van der Waals surface area contributed by atoms with Crippen LogP contribution in [0.3, 0.4) is 0 Å². The van der Waals surface area contributed by atoms with Gasteiger partial charge in [-0.2, -0.15) is 0 Å². The van der Waals surface area contributed by atoms with E-state index in [9.17, 15) is 9.18 Å². The van der Waals surface area contributed by atoms with E-state index in [0.29, 0.717) is 5.65 Å². The molecule has 0 spiro atoms. The summed E-state index contributed by atoms with van der Waals surface area (Å²) in [5.74, 6) is -0.896.